The van der Waals surface area contributed by atoms with Crippen molar-refractivity contribution in [1.29, 1.82) is 0 Å². The molecule has 2 rings (SSSR count). The standard InChI is InChI=1S/C22H28N4O8S/c1-4-5-11-33-16-7-6-8-17(13-16)34-35(29,30)19-12-15(24-21(23)26-22(28)32-3)9-10-18(19)25-20(27)14-31-2/h6-10,12-13H,4-5,11,14H2,1-3H3,(H,25,27)(H3,23,24,26,28). The Bertz CT molecular complexity index is 1170. The van der Waals surface area contributed by atoms with Gasteiger partial charge < -0.3 is 29.4 Å². The van der Waals surface area contributed by atoms with E-state index in [1.54, 1.807) is 12.1 Å². The number of methoxy groups -OCH3 is 2. The second-order valence-electron chi connectivity index (χ2n) is 6.99. The summed E-state index contributed by atoms with van der Waals surface area (Å²) in [6, 6.07) is 9.98. The summed E-state index contributed by atoms with van der Waals surface area (Å²) < 4.78 is 46.5. The second kappa shape index (κ2) is 13.2. The average molecular weight is 509 g/mol. The molecule has 4 N–H and O–H groups in total. The fraction of sp³-hybridized carbons (Fsp3) is 0.318. The van der Waals surface area contributed by atoms with Gasteiger partial charge in [0.15, 0.2) is 0 Å². The van der Waals surface area contributed by atoms with Gasteiger partial charge in [-0.3, -0.25) is 10.1 Å². The Morgan fingerprint density at radius 1 is 1.09 bits per heavy atom. The van der Waals surface area contributed by atoms with E-state index in [4.69, 9.17) is 19.4 Å². The van der Waals surface area contributed by atoms with Crippen LogP contribution in [0.4, 0.5) is 16.2 Å². The number of hydrogen-bond donors (Lipinski definition) is 3. The Morgan fingerprint density at radius 3 is 2.51 bits per heavy atom. The zero-order valence-electron chi connectivity index (χ0n) is 19.6. The molecule has 0 aliphatic heterocycles. The molecule has 0 fully saturated rings. The molecule has 0 unspecified atom stereocenters. The van der Waals surface area contributed by atoms with E-state index in [0.717, 1.165) is 26.0 Å². The van der Waals surface area contributed by atoms with Crippen molar-refractivity contribution in [2.75, 3.05) is 32.8 Å². The van der Waals surface area contributed by atoms with Crippen LogP contribution in [0.2, 0.25) is 0 Å². The third-order valence-corrected chi connectivity index (χ3v) is 5.52. The zero-order chi connectivity index (χ0) is 25.8. The molecule has 0 aliphatic carbocycles. The Balaban J connectivity index is 2.40. The highest BCUT2D eigenvalue weighted by Gasteiger charge is 2.23. The third kappa shape index (κ3) is 8.79. The highest BCUT2D eigenvalue weighted by Crippen LogP contribution is 2.30. The number of amides is 2. The van der Waals surface area contributed by atoms with Crippen molar-refractivity contribution in [2.45, 2.75) is 24.7 Å². The average Bonchev–Trinajstić information content (AvgIpc) is 2.80. The summed E-state index contributed by atoms with van der Waals surface area (Å²) in [7, 11) is -2.00. The molecule has 0 aromatic heterocycles. The van der Waals surface area contributed by atoms with Crippen LogP contribution in [-0.2, 0) is 24.4 Å². The molecule has 2 aromatic rings. The van der Waals surface area contributed by atoms with Gasteiger partial charge in [0.05, 0.1) is 25.1 Å². The number of carbonyl (C=O) groups is 2. The van der Waals surface area contributed by atoms with Gasteiger partial charge in [0.25, 0.3) is 0 Å². The number of anilines is 1. The van der Waals surface area contributed by atoms with E-state index >= 15 is 0 Å². The summed E-state index contributed by atoms with van der Waals surface area (Å²) in [5, 5.41) is 4.61. The first-order valence-electron chi connectivity index (χ1n) is 10.5. The number of aliphatic imine (C=N–C) groups is 1. The molecule has 12 nitrogen and oxygen atoms in total. The summed E-state index contributed by atoms with van der Waals surface area (Å²) in [6.07, 6.45) is 0.933. The number of carbonyl (C=O) groups excluding carboxylic acids is 2. The van der Waals surface area contributed by atoms with Gasteiger partial charge in [-0.25, -0.2) is 9.79 Å². The minimum Gasteiger partial charge on any atom is -0.493 e. The number of alkyl carbamates (subject to hydrolysis) is 1. The van der Waals surface area contributed by atoms with Gasteiger partial charge in [-0.15, -0.1) is 0 Å². The predicted octanol–water partition coefficient (Wildman–Crippen LogP) is 2.52. The van der Waals surface area contributed by atoms with Crippen LogP contribution in [0.5, 0.6) is 11.5 Å². The van der Waals surface area contributed by atoms with Crippen LogP contribution in [-0.4, -0.2) is 53.8 Å². The van der Waals surface area contributed by atoms with E-state index in [2.05, 4.69) is 20.4 Å². The molecule has 0 heterocycles. The number of nitrogens with zero attached hydrogens (tertiary/aromatic N) is 1. The maximum Gasteiger partial charge on any atom is 0.413 e. The SMILES string of the molecule is CCCCOc1cccc(OS(=O)(=O)c2cc(N=C(N)NC(=O)OC)ccc2NC(=O)COC)c1. The van der Waals surface area contributed by atoms with Gasteiger partial charge in [-0.1, -0.05) is 19.4 Å². The minimum absolute atomic E-state index is 0.00828. The Morgan fingerprint density at radius 2 is 1.83 bits per heavy atom. The molecule has 0 bridgehead atoms. The maximum absolute atomic E-state index is 13.2. The van der Waals surface area contributed by atoms with Crippen LogP contribution in [0.3, 0.4) is 0 Å². The van der Waals surface area contributed by atoms with Gasteiger partial charge in [-0.2, -0.15) is 8.42 Å². The number of unbranched alkanes of at least 4 members (excludes halogenated alkanes) is 1. The molecule has 0 atom stereocenters. The number of nitrogens with two attached hydrogens (primary N) is 1. The fourth-order valence-electron chi connectivity index (χ4n) is 2.65. The zero-order valence-corrected chi connectivity index (χ0v) is 20.4. The number of guanidine groups is 1. The fourth-order valence-corrected chi connectivity index (χ4v) is 3.75. The van der Waals surface area contributed by atoms with Crippen molar-refractivity contribution in [1.82, 2.24) is 5.32 Å². The van der Waals surface area contributed by atoms with Gasteiger partial charge in [0.2, 0.25) is 11.9 Å². The molecule has 13 heteroatoms. The molecule has 0 radical (unpaired) electrons. The number of benzene rings is 2. The summed E-state index contributed by atoms with van der Waals surface area (Å²) in [6.45, 7) is 2.20. The molecule has 2 amide bonds. The highest BCUT2D eigenvalue weighted by molar-refractivity contribution is 7.87. The lowest BCUT2D eigenvalue weighted by Crippen LogP contribution is -2.36. The van der Waals surface area contributed by atoms with E-state index in [9.17, 15) is 18.0 Å². The van der Waals surface area contributed by atoms with Crippen molar-refractivity contribution in [2.24, 2.45) is 10.7 Å². The van der Waals surface area contributed by atoms with Crippen molar-refractivity contribution in [3.63, 3.8) is 0 Å². The van der Waals surface area contributed by atoms with Crippen LogP contribution < -0.4 is 25.3 Å². The molecule has 0 saturated carbocycles. The summed E-state index contributed by atoms with van der Waals surface area (Å²) >= 11 is 0. The van der Waals surface area contributed by atoms with E-state index in [1.165, 1.54) is 31.4 Å². The topological polar surface area (TPSA) is 168 Å². The van der Waals surface area contributed by atoms with Crippen LogP contribution in [0.1, 0.15) is 19.8 Å². The first-order valence-corrected chi connectivity index (χ1v) is 11.9. The van der Waals surface area contributed by atoms with Crippen LogP contribution >= 0.6 is 0 Å². The Kier molecular flexibility index (Phi) is 10.3. The lowest BCUT2D eigenvalue weighted by atomic mass is 10.3. The van der Waals surface area contributed by atoms with E-state index in [1.807, 2.05) is 6.92 Å². The van der Waals surface area contributed by atoms with Crippen molar-refractivity contribution < 1.29 is 36.4 Å². The minimum atomic E-state index is -4.47. The van der Waals surface area contributed by atoms with Crippen LogP contribution in [0, 0.1) is 0 Å². The van der Waals surface area contributed by atoms with Crippen molar-refractivity contribution in [3.8, 4) is 11.5 Å². The lowest BCUT2D eigenvalue weighted by molar-refractivity contribution is -0.119. The van der Waals surface area contributed by atoms with Crippen LogP contribution in [0.25, 0.3) is 0 Å². The highest BCUT2D eigenvalue weighted by atomic mass is 32.2. The van der Waals surface area contributed by atoms with Crippen molar-refractivity contribution in [3.05, 3.63) is 42.5 Å². The molecule has 0 saturated heterocycles. The van der Waals surface area contributed by atoms with Gasteiger partial charge in [0, 0.05) is 13.2 Å². The smallest absolute Gasteiger partial charge is 0.413 e. The third-order valence-electron chi connectivity index (χ3n) is 4.23. The van der Waals surface area contributed by atoms with E-state index in [-0.39, 0.29) is 29.7 Å². The van der Waals surface area contributed by atoms with Crippen LogP contribution in [0.15, 0.2) is 52.4 Å². The summed E-state index contributed by atoms with van der Waals surface area (Å²) in [5.74, 6) is -0.471. The van der Waals surface area contributed by atoms with Gasteiger partial charge in [-0.05, 0) is 36.8 Å². The first-order chi connectivity index (χ1) is 16.7. The number of nitrogens with one attached hydrogen (secondary N) is 2. The summed E-state index contributed by atoms with van der Waals surface area (Å²) in [5.41, 5.74) is 5.64. The lowest BCUT2D eigenvalue weighted by Gasteiger charge is -2.14. The molecular weight excluding hydrogens is 480 g/mol. The Labute approximate surface area is 203 Å². The normalized spacial score (nSPS) is 11.5. The molecule has 190 valence electrons. The monoisotopic (exact) mass is 508 g/mol. The largest absolute Gasteiger partial charge is 0.493 e. The number of rotatable bonds is 11. The molecule has 0 spiro atoms. The molecular formula is C22H28N4O8S. The maximum atomic E-state index is 13.2. The summed E-state index contributed by atoms with van der Waals surface area (Å²) in [4.78, 5) is 26.9. The van der Waals surface area contributed by atoms with E-state index < -0.39 is 27.0 Å². The number of hydrogen-bond acceptors (Lipinski definition) is 9. The molecule has 0 aliphatic rings. The van der Waals surface area contributed by atoms with Gasteiger partial charge >= 0.3 is 16.2 Å². The number of ether oxygens (including phenoxy) is 3. The second-order valence-corrected chi connectivity index (χ2v) is 8.50. The van der Waals surface area contributed by atoms with Gasteiger partial charge in [0.1, 0.15) is 23.0 Å². The van der Waals surface area contributed by atoms with E-state index in [0.29, 0.717) is 12.4 Å². The quantitative estimate of drug-likeness (QED) is 0.179. The van der Waals surface area contributed by atoms with Crippen molar-refractivity contribution >= 4 is 39.5 Å². The molecule has 2 aromatic carbocycles. The predicted molar refractivity (Wildman–Crippen MR) is 128 cm³/mol. The first kappa shape index (κ1) is 27.4. The Hall–Kier alpha value is -3.84. The molecule has 35 heavy (non-hydrogen) atoms.